The second kappa shape index (κ2) is 14.9. The topological polar surface area (TPSA) is 99.0 Å². The molecule has 0 amide bonds. The minimum Gasteiger partial charge on any atom is -0.465 e. The minimum absolute atomic E-state index is 0.135. The number of piperidine rings is 1. The number of ether oxygens (including phenoxy) is 2. The monoisotopic (exact) mass is 576 g/mol. The van der Waals surface area contributed by atoms with Crippen molar-refractivity contribution in [1.82, 2.24) is 4.90 Å². The fourth-order valence-electron chi connectivity index (χ4n) is 6.41. The summed E-state index contributed by atoms with van der Waals surface area (Å²) in [5.74, 6) is -2.78. The number of nitro groups is 1. The van der Waals surface area contributed by atoms with Gasteiger partial charge in [0.15, 0.2) is 0 Å². The van der Waals surface area contributed by atoms with E-state index < -0.39 is 34.2 Å². The third-order valence-electron chi connectivity index (χ3n) is 8.44. The Balaban J connectivity index is 2.11. The largest absolute Gasteiger partial charge is 0.465 e. The van der Waals surface area contributed by atoms with Gasteiger partial charge in [-0.25, -0.2) is 4.79 Å². The summed E-state index contributed by atoms with van der Waals surface area (Å²) in [5, 5.41) is 12.0. The van der Waals surface area contributed by atoms with Gasteiger partial charge in [-0.15, -0.1) is 11.6 Å². The lowest BCUT2D eigenvalue weighted by Crippen LogP contribution is -2.62. The molecular weight excluding hydrogens is 532 g/mol. The maximum absolute atomic E-state index is 14.0. The molecule has 0 aliphatic carbocycles. The van der Waals surface area contributed by atoms with E-state index in [2.05, 4.69) is 18.7 Å². The summed E-state index contributed by atoms with van der Waals surface area (Å²) in [4.78, 5) is 41.7. The molecule has 1 fully saturated rings. The first-order chi connectivity index (χ1) is 19.2. The van der Waals surface area contributed by atoms with Gasteiger partial charge in [0.05, 0.1) is 35.2 Å². The summed E-state index contributed by atoms with van der Waals surface area (Å²) >= 11 is 6.70. The molecule has 1 unspecified atom stereocenters. The highest BCUT2D eigenvalue weighted by atomic mass is 35.5. The molecule has 0 N–H and O–H groups in total. The number of carbonyl (C=O) groups excluding carboxylic acids is 2. The number of fused-ring (bicyclic) bond motifs is 1. The molecule has 0 bridgehead atoms. The number of hydrogen-bond acceptors (Lipinski definition) is 7. The van der Waals surface area contributed by atoms with Gasteiger partial charge in [0, 0.05) is 35.2 Å². The van der Waals surface area contributed by atoms with E-state index in [0.29, 0.717) is 36.2 Å². The predicted octanol–water partition coefficient (Wildman–Crippen LogP) is 7.29. The first kappa shape index (κ1) is 31.9. The number of esters is 2. The number of halogens is 1. The zero-order valence-electron chi connectivity index (χ0n) is 24.5. The maximum atomic E-state index is 14.0. The van der Waals surface area contributed by atoms with Gasteiger partial charge < -0.3 is 14.4 Å². The number of nitro benzene ring substituents is 1. The van der Waals surface area contributed by atoms with Crippen LogP contribution in [0.15, 0.2) is 35.5 Å². The quantitative estimate of drug-likeness (QED) is 0.0753. The zero-order valence-corrected chi connectivity index (χ0v) is 25.2. The molecule has 0 aromatic heterocycles. The van der Waals surface area contributed by atoms with Crippen LogP contribution in [0.25, 0.3) is 0 Å². The van der Waals surface area contributed by atoms with Crippen LogP contribution in [0.2, 0.25) is 0 Å². The average Bonchev–Trinajstić information content (AvgIpc) is 2.91. The van der Waals surface area contributed by atoms with Gasteiger partial charge in [0.2, 0.25) is 0 Å². The molecule has 2 aliphatic rings. The maximum Gasteiger partial charge on any atom is 0.336 e. The molecule has 1 aromatic carbocycles. The molecule has 0 saturated carbocycles. The first-order valence-corrected chi connectivity index (χ1v) is 15.3. The van der Waals surface area contributed by atoms with E-state index >= 15 is 0 Å². The fraction of sp³-hybridized carbons (Fsp3) is 0.677. The van der Waals surface area contributed by atoms with Crippen LogP contribution in [0.1, 0.15) is 103 Å². The molecule has 2 heterocycles. The Morgan fingerprint density at radius 3 is 2.30 bits per heavy atom. The number of alkyl halides is 1. The van der Waals surface area contributed by atoms with Crippen LogP contribution in [0.4, 0.5) is 5.69 Å². The molecule has 1 saturated heterocycles. The van der Waals surface area contributed by atoms with E-state index in [1.54, 1.807) is 18.2 Å². The number of rotatable bonds is 14. The highest BCUT2D eigenvalue weighted by Gasteiger charge is 2.58. The van der Waals surface area contributed by atoms with Crippen molar-refractivity contribution in [3.63, 3.8) is 0 Å². The van der Waals surface area contributed by atoms with E-state index in [1.807, 2.05) is 13.8 Å². The molecule has 222 valence electrons. The van der Waals surface area contributed by atoms with Gasteiger partial charge >= 0.3 is 11.9 Å². The zero-order chi connectivity index (χ0) is 29.3. The summed E-state index contributed by atoms with van der Waals surface area (Å²) < 4.78 is 11.6. The van der Waals surface area contributed by atoms with Crippen molar-refractivity contribution in [2.75, 3.05) is 19.8 Å². The van der Waals surface area contributed by atoms with Crippen LogP contribution in [0.3, 0.4) is 0 Å². The van der Waals surface area contributed by atoms with E-state index in [9.17, 15) is 19.7 Å². The Labute approximate surface area is 243 Å². The molecule has 4 atom stereocenters. The van der Waals surface area contributed by atoms with Gasteiger partial charge in [0.25, 0.3) is 5.69 Å². The number of para-hydroxylation sites is 1. The van der Waals surface area contributed by atoms with Gasteiger partial charge in [-0.2, -0.15) is 0 Å². The van der Waals surface area contributed by atoms with Gasteiger partial charge in [0.1, 0.15) is 0 Å². The molecule has 9 heteroatoms. The molecule has 8 nitrogen and oxygen atoms in total. The Kier molecular flexibility index (Phi) is 11.9. The minimum atomic E-state index is -0.906. The van der Waals surface area contributed by atoms with Gasteiger partial charge in [-0.3, -0.25) is 14.9 Å². The van der Waals surface area contributed by atoms with Crippen molar-refractivity contribution in [2.24, 2.45) is 5.92 Å². The van der Waals surface area contributed by atoms with Gasteiger partial charge in [-0.05, 0) is 39.5 Å². The lowest BCUT2D eigenvalue weighted by Gasteiger charge is -2.56. The van der Waals surface area contributed by atoms with Crippen LogP contribution >= 0.6 is 11.6 Å². The number of benzene rings is 1. The number of allylic oxidation sites excluding steroid dienone is 1. The smallest absolute Gasteiger partial charge is 0.336 e. The molecule has 3 rings (SSSR count). The Hall–Kier alpha value is -2.61. The lowest BCUT2D eigenvalue weighted by atomic mass is 9.63. The van der Waals surface area contributed by atoms with Crippen LogP contribution in [-0.4, -0.2) is 52.4 Å². The average molecular weight is 577 g/mol. The normalized spacial score (nSPS) is 24.4. The summed E-state index contributed by atoms with van der Waals surface area (Å²) in [6.45, 7) is 9.14. The third kappa shape index (κ3) is 7.17. The molecule has 0 spiro atoms. The van der Waals surface area contributed by atoms with E-state index in [0.717, 1.165) is 51.4 Å². The van der Waals surface area contributed by atoms with Crippen molar-refractivity contribution in [3.05, 3.63) is 51.2 Å². The van der Waals surface area contributed by atoms with Gasteiger partial charge in [-0.1, -0.05) is 70.6 Å². The second-order valence-corrected chi connectivity index (χ2v) is 11.9. The SMILES string of the molecule is CCCCCCOC(=O)C1=C(C)N2CC[C@H](Cl)C[C@]2(C)[C@H](C(=O)OCCCCCC)C1c1ccccc1[N+](=O)[O-]. The second-order valence-electron chi connectivity index (χ2n) is 11.3. The highest BCUT2D eigenvalue weighted by Crippen LogP contribution is 2.54. The third-order valence-corrected chi connectivity index (χ3v) is 8.81. The van der Waals surface area contributed by atoms with Crippen LogP contribution < -0.4 is 0 Å². The lowest BCUT2D eigenvalue weighted by molar-refractivity contribution is -0.385. The number of carbonyl (C=O) groups is 2. The highest BCUT2D eigenvalue weighted by molar-refractivity contribution is 6.20. The van der Waals surface area contributed by atoms with Crippen LogP contribution in [0.5, 0.6) is 0 Å². The summed E-state index contributed by atoms with van der Waals surface area (Å²) in [6.07, 6.45) is 8.78. The van der Waals surface area contributed by atoms with E-state index in [4.69, 9.17) is 21.1 Å². The van der Waals surface area contributed by atoms with Crippen molar-refractivity contribution in [3.8, 4) is 0 Å². The van der Waals surface area contributed by atoms with Crippen molar-refractivity contribution >= 4 is 29.2 Å². The fourth-order valence-corrected chi connectivity index (χ4v) is 6.82. The number of hydrogen-bond donors (Lipinski definition) is 0. The van der Waals surface area contributed by atoms with Crippen LogP contribution in [-0.2, 0) is 19.1 Å². The first-order valence-electron chi connectivity index (χ1n) is 14.9. The van der Waals surface area contributed by atoms with Crippen LogP contribution in [0, 0.1) is 16.0 Å². The Morgan fingerprint density at radius 2 is 1.68 bits per heavy atom. The molecule has 1 aromatic rings. The molecular formula is C31H45ClN2O6. The van der Waals surface area contributed by atoms with E-state index in [-0.39, 0.29) is 24.3 Å². The number of unbranched alkanes of at least 4 members (excludes halogenated alkanes) is 6. The molecule has 40 heavy (non-hydrogen) atoms. The summed E-state index contributed by atoms with van der Waals surface area (Å²) in [5.41, 5.74) is 0.358. The van der Waals surface area contributed by atoms with Crippen molar-refractivity contribution < 1.29 is 24.0 Å². The number of nitrogens with zero attached hydrogens (tertiary/aromatic N) is 2. The summed E-state index contributed by atoms with van der Waals surface area (Å²) in [6, 6.07) is 6.37. The van der Waals surface area contributed by atoms with Crippen molar-refractivity contribution in [2.45, 2.75) is 109 Å². The molecule has 0 radical (unpaired) electrons. The predicted molar refractivity (Wildman–Crippen MR) is 156 cm³/mol. The standard InChI is InChI=1S/C31H45ClN2O6/c1-5-7-9-13-19-39-29(35)26-22(3)33-18-17-23(32)21-31(33,4)28(30(36)40-20-14-10-8-6-2)27(26)24-15-11-12-16-25(24)34(37)38/h11-12,15-16,23,27-28H,5-10,13-14,17-21H2,1-4H3/t23-,27?,28-,31+/m0/s1. The Morgan fingerprint density at radius 1 is 1.05 bits per heavy atom. The Bertz CT molecular complexity index is 1080. The van der Waals surface area contributed by atoms with E-state index in [1.165, 1.54) is 6.07 Å². The summed E-state index contributed by atoms with van der Waals surface area (Å²) in [7, 11) is 0. The van der Waals surface area contributed by atoms with Crippen molar-refractivity contribution in [1.29, 1.82) is 0 Å². The molecule has 2 aliphatic heterocycles.